The van der Waals surface area contributed by atoms with E-state index >= 15 is 0 Å². The number of benzene rings is 1. The van der Waals surface area contributed by atoms with Gasteiger partial charge in [-0.1, -0.05) is 12.1 Å². The fraction of sp³-hybridized carbons (Fsp3) is 0.526. The molecule has 1 fully saturated rings. The molecule has 1 heterocycles. The van der Waals surface area contributed by atoms with Crippen molar-refractivity contribution in [3.05, 3.63) is 29.8 Å². The Morgan fingerprint density at radius 3 is 2.46 bits per heavy atom. The summed E-state index contributed by atoms with van der Waals surface area (Å²) in [4.78, 5) is 38.2. The zero-order valence-electron chi connectivity index (χ0n) is 15.8. The van der Waals surface area contributed by atoms with Crippen LogP contribution in [0.15, 0.2) is 24.3 Å². The number of amides is 3. The molecule has 0 aromatic heterocycles. The molecule has 7 nitrogen and oxygen atoms in total. The first-order valence-electron chi connectivity index (χ1n) is 8.73. The van der Waals surface area contributed by atoms with E-state index in [4.69, 9.17) is 4.74 Å². The first kappa shape index (κ1) is 19.8. The second kappa shape index (κ2) is 8.21. The van der Waals surface area contributed by atoms with Gasteiger partial charge in [0.05, 0.1) is 18.6 Å². The first-order chi connectivity index (χ1) is 12.2. The second-order valence-corrected chi connectivity index (χ2v) is 7.32. The average Bonchev–Trinajstić information content (AvgIpc) is 3.00. The molecule has 26 heavy (non-hydrogen) atoms. The smallest absolute Gasteiger partial charge is 0.255 e. The molecular formula is C19H27N3O4. The molecule has 0 spiro atoms. The Morgan fingerprint density at radius 1 is 1.19 bits per heavy atom. The van der Waals surface area contributed by atoms with Crippen LogP contribution in [0.25, 0.3) is 0 Å². The number of ether oxygens (including phenoxy) is 1. The Balaban J connectivity index is 1.77. The summed E-state index contributed by atoms with van der Waals surface area (Å²) in [5.41, 5.74) is 0.165. The topological polar surface area (TPSA) is 87.7 Å². The van der Waals surface area contributed by atoms with Gasteiger partial charge in [-0.25, -0.2) is 0 Å². The Bertz CT molecular complexity index is 682. The summed E-state index contributed by atoms with van der Waals surface area (Å²) in [6.07, 6.45) is 0.233. The van der Waals surface area contributed by atoms with E-state index in [1.807, 2.05) is 20.8 Å². The summed E-state index contributed by atoms with van der Waals surface area (Å²) in [5.74, 6) is -0.252. The molecule has 0 saturated carbocycles. The summed E-state index contributed by atoms with van der Waals surface area (Å²) >= 11 is 0. The van der Waals surface area contributed by atoms with Crippen LogP contribution in [0.4, 0.5) is 0 Å². The quantitative estimate of drug-likeness (QED) is 0.745. The summed E-state index contributed by atoms with van der Waals surface area (Å²) in [6, 6.07) is 6.95. The molecule has 7 heteroatoms. The van der Waals surface area contributed by atoms with Crippen molar-refractivity contribution >= 4 is 17.7 Å². The largest absolute Gasteiger partial charge is 0.496 e. The lowest BCUT2D eigenvalue weighted by Gasteiger charge is -2.31. The predicted octanol–water partition coefficient (Wildman–Crippen LogP) is 1.19. The van der Waals surface area contributed by atoms with Gasteiger partial charge in [-0.3, -0.25) is 14.4 Å². The number of rotatable bonds is 6. The summed E-state index contributed by atoms with van der Waals surface area (Å²) in [6.45, 7) is 6.91. The molecule has 1 unspecified atom stereocenters. The van der Waals surface area contributed by atoms with Crippen molar-refractivity contribution < 1.29 is 19.1 Å². The maximum Gasteiger partial charge on any atom is 0.255 e. The molecule has 1 aliphatic heterocycles. The van der Waals surface area contributed by atoms with Crippen molar-refractivity contribution in [3.63, 3.8) is 0 Å². The van der Waals surface area contributed by atoms with Crippen molar-refractivity contribution in [1.29, 1.82) is 0 Å². The highest BCUT2D eigenvalue weighted by Crippen LogP contribution is 2.25. The molecule has 2 N–H and O–H groups in total. The van der Waals surface area contributed by atoms with Crippen molar-refractivity contribution in [1.82, 2.24) is 15.5 Å². The van der Waals surface area contributed by atoms with E-state index in [1.54, 1.807) is 29.2 Å². The van der Waals surface area contributed by atoms with Gasteiger partial charge in [0.1, 0.15) is 5.75 Å². The van der Waals surface area contributed by atoms with Crippen molar-refractivity contribution in [2.75, 3.05) is 26.7 Å². The summed E-state index contributed by atoms with van der Waals surface area (Å²) in [7, 11) is 1.51. The SMILES string of the molecule is COc1ccccc1C(=O)NCCNC(=O)C1CC(=O)N(C(C)(C)C)C1. The lowest BCUT2D eigenvalue weighted by Crippen LogP contribution is -2.43. The average molecular weight is 361 g/mol. The molecule has 1 saturated heterocycles. The Kier molecular flexibility index (Phi) is 6.23. The predicted molar refractivity (Wildman–Crippen MR) is 97.9 cm³/mol. The number of para-hydroxylation sites is 1. The molecule has 1 aromatic carbocycles. The molecule has 1 aromatic rings. The third-order valence-corrected chi connectivity index (χ3v) is 4.37. The maximum absolute atomic E-state index is 12.3. The molecular weight excluding hydrogens is 334 g/mol. The van der Waals surface area contributed by atoms with Crippen LogP contribution >= 0.6 is 0 Å². The number of likely N-dealkylation sites (tertiary alicyclic amines) is 1. The Labute approximate surface area is 154 Å². The molecule has 1 atom stereocenters. The van der Waals surface area contributed by atoms with Crippen LogP contribution in [0.2, 0.25) is 0 Å². The van der Waals surface area contributed by atoms with Gasteiger partial charge in [-0.15, -0.1) is 0 Å². The first-order valence-corrected chi connectivity index (χ1v) is 8.73. The van der Waals surface area contributed by atoms with E-state index in [1.165, 1.54) is 7.11 Å². The van der Waals surface area contributed by atoms with Crippen molar-refractivity contribution in [2.45, 2.75) is 32.7 Å². The number of hydrogen-bond acceptors (Lipinski definition) is 4. The van der Waals surface area contributed by atoms with Crippen LogP contribution in [0.3, 0.4) is 0 Å². The van der Waals surface area contributed by atoms with Crippen LogP contribution in [0.5, 0.6) is 5.75 Å². The summed E-state index contributed by atoms with van der Waals surface area (Å²) < 4.78 is 5.16. The molecule has 0 bridgehead atoms. The number of nitrogens with zero attached hydrogens (tertiary/aromatic N) is 1. The third-order valence-electron chi connectivity index (χ3n) is 4.37. The van der Waals surface area contributed by atoms with E-state index in [2.05, 4.69) is 10.6 Å². The zero-order chi connectivity index (χ0) is 19.3. The number of carbonyl (C=O) groups excluding carboxylic acids is 3. The second-order valence-electron chi connectivity index (χ2n) is 7.32. The van der Waals surface area contributed by atoms with E-state index in [-0.39, 0.29) is 35.6 Å². The van der Waals surface area contributed by atoms with Gasteiger partial charge in [0.2, 0.25) is 11.8 Å². The van der Waals surface area contributed by atoms with Crippen molar-refractivity contribution in [2.24, 2.45) is 5.92 Å². The highest BCUT2D eigenvalue weighted by Gasteiger charge is 2.39. The molecule has 142 valence electrons. The molecule has 1 aliphatic rings. The number of methoxy groups -OCH3 is 1. The van der Waals surface area contributed by atoms with Crippen LogP contribution in [-0.4, -0.2) is 54.9 Å². The lowest BCUT2D eigenvalue weighted by molar-refractivity contribution is -0.132. The number of carbonyl (C=O) groups is 3. The minimum absolute atomic E-state index is 0.00197. The fourth-order valence-corrected chi connectivity index (χ4v) is 2.96. The van der Waals surface area contributed by atoms with Gasteiger partial charge in [0, 0.05) is 31.6 Å². The minimum atomic E-state index is -0.341. The highest BCUT2D eigenvalue weighted by atomic mass is 16.5. The van der Waals surface area contributed by atoms with E-state index < -0.39 is 0 Å². The molecule has 3 amide bonds. The van der Waals surface area contributed by atoms with Crippen LogP contribution in [0.1, 0.15) is 37.6 Å². The monoisotopic (exact) mass is 361 g/mol. The molecule has 2 rings (SSSR count). The van der Waals surface area contributed by atoms with Gasteiger partial charge in [0.25, 0.3) is 5.91 Å². The fourth-order valence-electron chi connectivity index (χ4n) is 2.96. The van der Waals surface area contributed by atoms with Gasteiger partial charge >= 0.3 is 0 Å². The molecule has 0 radical (unpaired) electrons. The van der Waals surface area contributed by atoms with Crippen LogP contribution in [-0.2, 0) is 9.59 Å². The lowest BCUT2D eigenvalue weighted by atomic mass is 10.1. The third kappa shape index (κ3) is 4.74. The van der Waals surface area contributed by atoms with Crippen molar-refractivity contribution in [3.8, 4) is 5.75 Å². The van der Waals surface area contributed by atoms with Gasteiger partial charge in [-0.2, -0.15) is 0 Å². The minimum Gasteiger partial charge on any atom is -0.496 e. The van der Waals surface area contributed by atoms with Crippen LogP contribution in [0, 0.1) is 5.92 Å². The highest BCUT2D eigenvalue weighted by molar-refractivity contribution is 5.97. The normalized spacial score (nSPS) is 17.2. The standard InChI is InChI=1S/C19H27N3O4/c1-19(2,3)22-12-13(11-16(22)23)17(24)20-9-10-21-18(25)14-7-5-6-8-15(14)26-4/h5-8,13H,9-12H2,1-4H3,(H,20,24)(H,21,25). The van der Waals surface area contributed by atoms with E-state index in [9.17, 15) is 14.4 Å². The maximum atomic E-state index is 12.3. The van der Waals surface area contributed by atoms with E-state index in [0.717, 1.165) is 0 Å². The van der Waals surface area contributed by atoms with Gasteiger partial charge in [-0.05, 0) is 32.9 Å². The van der Waals surface area contributed by atoms with E-state index in [0.29, 0.717) is 30.9 Å². The number of nitrogens with one attached hydrogen (secondary N) is 2. The number of hydrogen-bond donors (Lipinski definition) is 2. The van der Waals surface area contributed by atoms with Gasteiger partial charge < -0.3 is 20.3 Å². The summed E-state index contributed by atoms with van der Waals surface area (Å²) in [5, 5.41) is 5.54. The zero-order valence-corrected chi connectivity index (χ0v) is 15.8. The Hall–Kier alpha value is -2.57. The molecule has 0 aliphatic carbocycles. The Morgan fingerprint density at radius 2 is 1.85 bits per heavy atom. The van der Waals surface area contributed by atoms with Gasteiger partial charge in [0.15, 0.2) is 0 Å². The van der Waals surface area contributed by atoms with Crippen LogP contribution < -0.4 is 15.4 Å².